The highest BCUT2D eigenvalue weighted by Crippen LogP contribution is 2.18. The van der Waals surface area contributed by atoms with Gasteiger partial charge < -0.3 is 9.47 Å². The van der Waals surface area contributed by atoms with Crippen LogP contribution in [-0.2, 0) is 17.2 Å². The number of imidazole rings is 1. The van der Waals surface area contributed by atoms with Crippen molar-refractivity contribution in [2.45, 2.75) is 38.1 Å². The first kappa shape index (κ1) is 14.3. The molecule has 1 aliphatic heterocycles. The number of aromatic nitrogens is 3. The van der Waals surface area contributed by atoms with Crippen molar-refractivity contribution < 1.29 is 4.79 Å². The molecule has 0 spiro atoms. The fourth-order valence-electron chi connectivity index (χ4n) is 2.89. The molecule has 3 heterocycles. The summed E-state index contributed by atoms with van der Waals surface area (Å²) in [5, 5.41) is 0. The first-order valence-electron chi connectivity index (χ1n) is 7.42. The Morgan fingerprint density at radius 2 is 2.10 bits per heavy atom. The molecule has 0 aromatic carbocycles. The number of piperidine rings is 1. The van der Waals surface area contributed by atoms with E-state index in [1.54, 1.807) is 12.4 Å². The lowest BCUT2D eigenvalue weighted by molar-refractivity contribution is -0.132. The van der Waals surface area contributed by atoms with Crippen molar-refractivity contribution in [1.82, 2.24) is 19.4 Å². The van der Waals surface area contributed by atoms with Gasteiger partial charge in [-0.3, -0.25) is 9.78 Å². The average molecular weight is 307 g/mol. The molecule has 1 amide bonds. The van der Waals surface area contributed by atoms with E-state index in [1.807, 2.05) is 15.5 Å². The van der Waals surface area contributed by atoms with Crippen LogP contribution in [0.4, 0.5) is 0 Å². The number of nitrogens with zero attached hydrogens (tertiary/aromatic N) is 4. The number of hydrogen-bond acceptors (Lipinski definition) is 3. The molecule has 0 aliphatic carbocycles. The minimum atomic E-state index is 0.228. The normalized spacial score (nSPS) is 15.6. The van der Waals surface area contributed by atoms with Gasteiger partial charge in [0, 0.05) is 32.3 Å². The largest absolute Gasteiger partial charge is 0.343 e. The molecule has 0 unspecified atom stereocenters. The zero-order valence-corrected chi connectivity index (χ0v) is 12.7. The SMILES string of the molecule is O=C(CCn1c(CCl)nc2cnccc21)N1CCCCC1. The molecule has 3 rings (SSSR count). The monoisotopic (exact) mass is 306 g/mol. The van der Waals surface area contributed by atoms with Crippen LogP contribution >= 0.6 is 11.6 Å². The third kappa shape index (κ3) is 3.02. The molecule has 1 fully saturated rings. The lowest BCUT2D eigenvalue weighted by Crippen LogP contribution is -2.36. The molecule has 1 aliphatic rings. The van der Waals surface area contributed by atoms with Crippen molar-refractivity contribution in [3.05, 3.63) is 24.3 Å². The standard InChI is InChI=1S/C15H19ClN4O/c16-10-14-18-12-11-17-6-4-13(12)20(14)9-5-15(21)19-7-2-1-3-8-19/h4,6,11H,1-3,5,7-10H2. The number of pyridine rings is 1. The van der Waals surface area contributed by atoms with Crippen molar-refractivity contribution in [2.24, 2.45) is 0 Å². The maximum atomic E-state index is 12.3. The fraction of sp³-hybridized carbons (Fsp3) is 0.533. The Labute approximate surface area is 128 Å². The Morgan fingerprint density at radius 3 is 2.86 bits per heavy atom. The Morgan fingerprint density at radius 1 is 1.29 bits per heavy atom. The van der Waals surface area contributed by atoms with Crippen LogP contribution in [0.2, 0.25) is 0 Å². The van der Waals surface area contributed by atoms with Crippen LogP contribution in [0, 0.1) is 0 Å². The van der Waals surface area contributed by atoms with Gasteiger partial charge in [-0.05, 0) is 25.3 Å². The summed E-state index contributed by atoms with van der Waals surface area (Å²) in [6.45, 7) is 2.42. The maximum absolute atomic E-state index is 12.3. The number of likely N-dealkylation sites (tertiary alicyclic amines) is 1. The Kier molecular flexibility index (Phi) is 4.39. The van der Waals surface area contributed by atoms with Gasteiger partial charge in [-0.2, -0.15) is 0 Å². The molecule has 0 atom stereocenters. The Hall–Kier alpha value is -1.62. The first-order valence-corrected chi connectivity index (χ1v) is 7.96. The fourth-order valence-corrected chi connectivity index (χ4v) is 3.10. The summed E-state index contributed by atoms with van der Waals surface area (Å²) < 4.78 is 2.03. The third-order valence-corrected chi connectivity index (χ3v) is 4.25. The molecule has 0 radical (unpaired) electrons. The molecule has 0 bridgehead atoms. The number of amides is 1. The van der Waals surface area contributed by atoms with Crippen molar-refractivity contribution in [1.29, 1.82) is 0 Å². The topological polar surface area (TPSA) is 51.0 Å². The highest BCUT2D eigenvalue weighted by Gasteiger charge is 2.17. The molecular weight excluding hydrogens is 288 g/mol. The van der Waals surface area contributed by atoms with Gasteiger partial charge in [0.1, 0.15) is 11.3 Å². The van der Waals surface area contributed by atoms with E-state index in [0.29, 0.717) is 18.8 Å². The van der Waals surface area contributed by atoms with Gasteiger partial charge in [0.15, 0.2) is 0 Å². The van der Waals surface area contributed by atoms with E-state index in [-0.39, 0.29) is 5.91 Å². The second-order valence-electron chi connectivity index (χ2n) is 5.37. The Bertz CT molecular complexity index is 634. The molecular formula is C15H19ClN4O. The molecule has 6 heteroatoms. The lowest BCUT2D eigenvalue weighted by Gasteiger charge is -2.26. The number of rotatable bonds is 4. The zero-order valence-electron chi connectivity index (χ0n) is 12.0. The number of alkyl halides is 1. The van der Waals surface area contributed by atoms with E-state index in [1.165, 1.54) is 6.42 Å². The summed E-state index contributed by atoms with van der Waals surface area (Å²) in [6, 6.07) is 1.92. The van der Waals surface area contributed by atoms with Crippen LogP contribution in [0.1, 0.15) is 31.5 Å². The number of fused-ring (bicyclic) bond motifs is 1. The van der Waals surface area contributed by atoms with Crippen molar-refractivity contribution in [2.75, 3.05) is 13.1 Å². The molecule has 0 saturated carbocycles. The molecule has 0 N–H and O–H groups in total. The summed E-state index contributed by atoms with van der Waals surface area (Å²) in [6.07, 6.45) is 7.45. The number of carbonyl (C=O) groups excluding carboxylic acids is 1. The van der Waals surface area contributed by atoms with Crippen molar-refractivity contribution in [3.8, 4) is 0 Å². The maximum Gasteiger partial charge on any atom is 0.224 e. The van der Waals surface area contributed by atoms with E-state index in [9.17, 15) is 4.79 Å². The number of hydrogen-bond donors (Lipinski definition) is 0. The second kappa shape index (κ2) is 6.43. The van der Waals surface area contributed by atoms with Crippen LogP contribution in [0.3, 0.4) is 0 Å². The summed E-state index contributed by atoms with van der Waals surface area (Å²) in [7, 11) is 0. The summed E-state index contributed by atoms with van der Waals surface area (Å²) >= 11 is 5.97. The molecule has 5 nitrogen and oxygen atoms in total. The van der Waals surface area contributed by atoms with Gasteiger partial charge in [-0.1, -0.05) is 0 Å². The molecule has 2 aromatic rings. The van der Waals surface area contributed by atoms with Gasteiger partial charge in [0.05, 0.1) is 17.6 Å². The number of aryl methyl sites for hydroxylation is 1. The molecule has 1 saturated heterocycles. The Balaban J connectivity index is 1.73. The molecule has 2 aromatic heterocycles. The van der Waals surface area contributed by atoms with Crippen molar-refractivity contribution in [3.63, 3.8) is 0 Å². The van der Waals surface area contributed by atoms with Gasteiger partial charge >= 0.3 is 0 Å². The number of carbonyl (C=O) groups is 1. The van der Waals surface area contributed by atoms with E-state index < -0.39 is 0 Å². The highest BCUT2D eigenvalue weighted by molar-refractivity contribution is 6.16. The van der Waals surface area contributed by atoms with Crippen LogP contribution < -0.4 is 0 Å². The predicted octanol–water partition coefficient (Wildman–Crippen LogP) is 2.57. The van der Waals surface area contributed by atoms with Gasteiger partial charge in [0.25, 0.3) is 0 Å². The van der Waals surface area contributed by atoms with E-state index in [4.69, 9.17) is 11.6 Å². The van der Waals surface area contributed by atoms with Gasteiger partial charge in [0.2, 0.25) is 5.91 Å². The predicted molar refractivity (Wildman–Crippen MR) is 82.1 cm³/mol. The molecule has 21 heavy (non-hydrogen) atoms. The van der Waals surface area contributed by atoms with Crippen LogP contribution in [-0.4, -0.2) is 38.4 Å². The van der Waals surface area contributed by atoms with Gasteiger partial charge in [-0.15, -0.1) is 11.6 Å². The first-order chi connectivity index (χ1) is 10.3. The van der Waals surface area contributed by atoms with Crippen LogP contribution in [0.25, 0.3) is 11.0 Å². The number of halogens is 1. The highest BCUT2D eigenvalue weighted by atomic mass is 35.5. The minimum absolute atomic E-state index is 0.228. The third-order valence-electron chi connectivity index (χ3n) is 4.01. The summed E-state index contributed by atoms with van der Waals surface area (Å²) in [5.41, 5.74) is 1.82. The molecule has 112 valence electrons. The second-order valence-corrected chi connectivity index (χ2v) is 5.64. The van der Waals surface area contributed by atoms with E-state index in [2.05, 4.69) is 9.97 Å². The smallest absolute Gasteiger partial charge is 0.224 e. The summed E-state index contributed by atoms with van der Waals surface area (Å²) in [5.74, 6) is 1.37. The quantitative estimate of drug-likeness (QED) is 0.816. The van der Waals surface area contributed by atoms with Crippen LogP contribution in [0.5, 0.6) is 0 Å². The average Bonchev–Trinajstić information content (AvgIpc) is 2.91. The van der Waals surface area contributed by atoms with E-state index >= 15 is 0 Å². The van der Waals surface area contributed by atoms with E-state index in [0.717, 1.165) is 42.8 Å². The van der Waals surface area contributed by atoms with Crippen molar-refractivity contribution >= 4 is 28.5 Å². The zero-order chi connectivity index (χ0) is 14.7. The lowest BCUT2D eigenvalue weighted by atomic mass is 10.1. The van der Waals surface area contributed by atoms with Crippen LogP contribution in [0.15, 0.2) is 18.5 Å². The minimum Gasteiger partial charge on any atom is -0.343 e. The van der Waals surface area contributed by atoms with Gasteiger partial charge in [-0.25, -0.2) is 4.98 Å². The summed E-state index contributed by atoms with van der Waals surface area (Å²) in [4.78, 5) is 22.8.